The summed E-state index contributed by atoms with van der Waals surface area (Å²) in [6, 6.07) is 29.2. The van der Waals surface area contributed by atoms with Crippen LogP contribution in [0.4, 0.5) is 0 Å². The highest BCUT2D eigenvalue weighted by atomic mass is 16.3. The molecular formula is C31H32N2O2. The van der Waals surface area contributed by atoms with Crippen molar-refractivity contribution in [2.24, 2.45) is 0 Å². The lowest BCUT2D eigenvalue weighted by molar-refractivity contribution is 0.385. The molecule has 0 bridgehead atoms. The average Bonchev–Trinajstić information content (AvgIpc) is 3.13. The monoisotopic (exact) mass is 464 g/mol. The molecule has 0 aromatic heterocycles. The van der Waals surface area contributed by atoms with Gasteiger partial charge in [-0.25, -0.2) is 0 Å². The van der Waals surface area contributed by atoms with Crippen molar-refractivity contribution in [1.82, 2.24) is 9.80 Å². The molecule has 4 heteroatoms. The number of phenols is 2. The zero-order chi connectivity index (χ0) is 24.7. The highest BCUT2D eigenvalue weighted by Crippen LogP contribution is 2.56. The molecule has 0 fully saturated rings. The van der Waals surface area contributed by atoms with Crippen molar-refractivity contribution in [1.29, 1.82) is 0 Å². The molecule has 1 aliphatic rings. The Bertz CT molecular complexity index is 1280. The van der Waals surface area contributed by atoms with Gasteiger partial charge in [0.05, 0.1) is 5.41 Å². The van der Waals surface area contributed by atoms with Crippen molar-refractivity contribution in [2.75, 3.05) is 28.2 Å². The Kier molecular flexibility index (Phi) is 5.87. The van der Waals surface area contributed by atoms with Gasteiger partial charge in [-0.3, -0.25) is 0 Å². The Morgan fingerprint density at radius 3 is 1.37 bits per heavy atom. The highest BCUT2D eigenvalue weighted by Gasteiger charge is 2.46. The van der Waals surface area contributed by atoms with Gasteiger partial charge in [0, 0.05) is 24.2 Å². The highest BCUT2D eigenvalue weighted by molar-refractivity contribution is 5.86. The number of nitrogens with zero attached hydrogens (tertiary/aromatic N) is 2. The van der Waals surface area contributed by atoms with Crippen molar-refractivity contribution < 1.29 is 10.2 Å². The SMILES string of the molecule is CN(C)Cc1cc(C2(c3ccc(O)c(CN(C)C)c3)c3ccccc3-c3ccccc32)ccc1O. The molecule has 178 valence electrons. The summed E-state index contributed by atoms with van der Waals surface area (Å²) in [6.45, 7) is 1.28. The Morgan fingerprint density at radius 1 is 0.571 bits per heavy atom. The summed E-state index contributed by atoms with van der Waals surface area (Å²) in [4.78, 5) is 4.13. The van der Waals surface area contributed by atoms with Gasteiger partial charge in [-0.15, -0.1) is 0 Å². The van der Waals surface area contributed by atoms with Gasteiger partial charge in [-0.1, -0.05) is 60.7 Å². The molecule has 4 aromatic rings. The average molecular weight is 465 g/mol. The van der Waals surface area contributed by atoms with Gasteiger partial charge >= 0.3 is 0 Å². The third kappa shape index (κ3) is 3.79. The normalized spacial score (nSPS) is 13.8. The van der Waals surface area contributed by atoms with E-state index in [2.05, 4.69) is 70.5 Å². The first-order valence-corrected chi connectivity index (χ1v) is 12.0. The molecule has 4 nitrogen and oxygen atoms in total. The summed E-state index contributed by atoms with van der Waals surface area (Å²) in [7, 11) is 8.04. The van der Waals surface area contributed by atoms with Crippen LogP contribution in [0.2, 0.25) is 0 Å². The summed E-state index contributed by atoms with van der Waals surface area (Å²) in [5.41, 5.74) is 8.27. The number of hydrogen-bond acceptors (Lipinski definition) is 4. The second kappa shape index (κ2) is 8.88. The van der Waals surface area contributed by atoms with E-state index in [0.29, 0.717) is 24.6 Å². The van der Waals surface area contributed by atoms with E-state index in [1.54, 1.807) is 0 Å². The predicted molar refractivity (Wildman–Crippen MR) is 142 cm³/mol. The van der Waals surface area contributed by atoms with Crippen LogP contribution in [0.5, 0.6) is 11.5 Å². The van der Waals surface area contributed by atoms with Gasteiger partial charge in [0.2, 0.25) is 0 Å². The van der Waals surface area contributed by atoms with Crippen molar-refractivity contribution in [3.63, 3.8) is 0 Å². The van der Waals surface area contributed by atoms with Crippen LogP contribution < -0.4 is 0 Å². The lowest BCUT2D eigenvalue weighted by Crippen LogP contribution is -2.29. The van der Waals surface area contributed by atoms with Crippen LogP contribution >= 0.6 is 0 Å². The summed E-state index contributed by atoms with van der Waals surface area (Å²) >= 11 is 0. The van der Waals surface area contributed by atoms with E-state index in [4.69, 9.17) is 0 Å². The van der Waals surface area contributed by atoms with E-state index >= 15 is 0 Å². The fourth-order valence-electron chi connectivity index (χ4n) is 5.60. The Labute approximate surface area is 207 Å². The number of phenolic OH excluding ortho intramolecular Hbond substituents is 2. The minimum absolute atomic E-state index is 0.302. The fourth-order valence-corrected chi connectivity index (χ4v) is 5.60. The van der Waals surface area contributed by atoms with Gasteiger partial charge < -0.3 is 20.0 Å². The maximum Gasteiger partial charge on any atom is 0.120 e. The van der Waals surface area contributed by atoms with E-state index in [0.717, 1.165) is 22.3 Å². The molecule has 0 saturated heterocycles. The third-order valence-electron chi connectivity index (χ3n) is 6.95. The number of rotatable bonds is 6. The quantitative estimate of drug-likeness (QED) is 0.344. The fraction of sp³-hybridized carbons (Fsp3) is 0.226. The first kappa shape index (κ1) is 23.2. The lowest BCUT2D eigenvalue weighted by Gasteiger charge is -2.35. The van der Waals surface area contributed by atoms with E-state index in [9.17, 15) is 10.2 Å². The summed E-state index contributed by atoms with van der Waals surface area (Å²) in [6.07, 6.45) is 0. The van der Waals surface area contributed by atoms with Gasteiger partial charge in [0.15, 0.2) is 0 Å². The first-order chi connectivity index (χ1) is 16.8. The first-order valence-electron chi connectivity index (χ1n) is 12.0. The number of fused-ring (bicyclic) bond motifs is 3. The van der Waals surface area contributed by atoms with Crippen LogP contribution in [0.15, 0.2) is 84.9 Å². The van der Waals surface area contributed by atoms with E-state index < -0.39 is 5.41 Å². The van der Waals surface area contributed by atoms with Crippen LogP contribution in [0.1, 0.15) is 33.4 Å². The molecule has 0 heterocycles. The Morgan fingerprint density at radius 2 is 0.971 bits per heavy atom. The summed E-state index contributed by atoms with van der Waals surface area (Å²) in [5.74, 6) is 0.604. The minimum Gasteiger partial charge on any atom is -0.508 e. The smallest absolute Gasteiger partial charge is 0.120 e. The van der Waals surface area contributed by atoms with Crippen LogP contribution in [-0.4, -0.2) is 48.2 Å². The van der Waals surface area contributed by atoms with Crippen LogP contribution in [0.3, 0.4) is 0 Å². The largest absolute Gasteiger partial charge is 0.508 e. The molecule has 1 aliphatic carbocycles. The van der Waals surface area contributed by atoms with Gasteiger partial charge in [-0.05, 0) is 85.8 Å². The zero-order valence-electron chi connectivity index (χ0n) is 20.8. The van der Waals surface area contributed by atoms with E-state index in [1.165, 1.54) is 22.3 Å². The van der Waals surface area contributed by atoms with Crippen molar-refractivity contribution in [3.05, 3.63) is 118 Å². The molecular weight excluding hydrogens is 432 g/mol. The van der Waals surface area contributed by atoms with Crippen LogP contribution in [-0.2, 0) is 18.5 Å². The van der Waals surface area contributed by atoms with Gasteiger partial charge in [-0.2, -0.15) is 0 Å². The zero-order valence-corrected chi connectivity index (χ0v) is 20.8. The Balaban J connectivity index is 1.87. The molecule has 0 spiro atoms. The molecule has 0 amide bonds. The summed E-state index contributed by atoms with van der Waals surface area (Å²) < 4.78 is 0. The molecule has 0 unspecified atom stereocenters. The maximum absolute atomic E-state index is 10.7. The standard InChI is InChI=1S/C31H32N2O2/c1-32(2)19-21-17-23(13-15-29(21)34)31(24-14-16-30(35)22(18-24)20-33(3)4)27-11-7-5-9-25(27)26-10-6-8-12-28(26)31/h5-18,34-35H,19-20H2,1-4H3. The van der Waals surface area contributed by atoms with Crippen molar-refractivity contribution in [3.8, 4) is 22.6 Å². The van der Waals surface area contributed by atoms with Crippen molar-refractivity contribution >= 4 is 0 Å². The van der Waals surface area contributed by atoms with Crippen LogP contribution in [0, 0.1) is 0 Å². The molecule has 0 radical (unpaired) electrons. The number of benzene rings is 4. The maximum atomic E-state index is 10.7. The molecule has 0 aliphatic heterocycles. The topological polar surface area (TPSA) is 46.9 Å². The Hall–Kier alpha value is -3.60. The molecule has 35 heavy (non-hydrogen) atoms. The van der Waals surface area contributed by atoms with Gasteiger partial charge in [0.25, 0.3) is 0 Å². The van der Waals surface area contributed by atoms with E-state index in [1.807, 2.05) is 52.5 Å². The van der Waals surface area contributed by atoms with Crippen molar-refractivity contribution in [2.45, 2.75) is 18.5 Å². The predicted octanol–water partition coefficient (Wildman–Crippen LogP) is 5.58. The molecule has 0 atom stereocenters. The third-order valence-corrected chi connectivity index (χ3v) is 6.95. The molecule has 5 rings (SSSR count). The number of hydrogen-bond donors (Lipinski definition) is 2. The lowest BCUT2D eigenvalue weighted by atomic mass is 9.67. The second-order valence-corrected chi connectivity index (χ2v) is 10.0. The minimum atomic E-state index is -0.573. The van der Waals surface area contributed by atoms with Crippen LogP contribution in [0.25, 0.3) is 11.1 Å². The molecule has 2 N–H and O–H groups in total. The second-order valence-electron chi connectivity index (χ2n) is 10.0. The summed E-state index contributed by atoms with van der Waals surface area (Å²) in [5, 5.41) is 21.4. The molecule has 0 saturated carbocycles. The van der Waals surface area contributed by atoms with Gasteiger partial charge in [0.1, 0.15) is 11.5 Å². The number of aromatic hydroxyl groups is 2. The van der Waals surface area contributed by atoms with E-state index in [-0.39, 0.29) is 0 Å². The molecule has 4 aromatic carbocycles.